The molecule has 1 aromatic heterocycles. The fraction of sp³-hybridized carbons (Fsp3) is 0.417. The highest BCUT2D eigenvalue weighted by Crippen LogP contribution is 2.26. The van der Waals surface area contributed by atoms with Crippen LogP contribution in [0.4, 0.5) is 5.82 Å². The van der Waals surface area contributed by atoms with Crippen LogP contribution in [-0.2, 0) is 9.53 Å². The number of nitrogens with zero attached hydrogens (tertiary/aromatic N) is 3. The third-order valence-corrected chi connectivity index (χ3v) is 2.70. The molecular formula is C12H14ClN3O2. The van der Waals surface area contributed by atoms with E-state index in [2.05, 4.69) is 9.72 Å². The highest BCUT2D eigenvalue weighted by molar-refractivity contribution is 6.34. The van der Waals surface area contributed by atoms with Crippen molar-refractivity contribution in [3.8, 4) is 6.07 Å². The van der Waals surface area contributed by atoms with Gasteiger partial charge in [0.25, 0.3) is 0 Å². The predicted molar refractivity (Wildman–Crippen MR) is 68.5 cm³/mol. The Balaban J connectivity index is 3.06. The molecule has 0 atom stereocenters. The minimum Gasteiger partial charge on any atom is -0.468 e. The second kappa shape index (κ2) is 6.82. The molecule has 0 aliphatic heterocycles. The van der Waals surface area contributed by atoms with Crippen molar-refractivity contribution in [2.45, 2.75) is 13.3 Å². The van der Waals surface area contributed by atoms with E-state index in [1.807, 2.05) is 13.0 Å². The molecule has 0 saturated carbocycles. The summed E-state index contributed by atoms with van der Waals surface area (Å²) in [5.41, 5.74) is 0.340. The molecule has 1 heterocycles. The predicted octanol–water partition coefficient (Wildman–Crippen LogP) is 2.00. The highest BCUT2D eigenvalue weighted by Gasteiger charge is 2.17. The van der Waals surface area contributed by atoms with Crippen molar-refractivity contribution in [3.05, 3.63) is 22.8 Å². The first-order chi connectivity index (χ1) is 8.63. The quantitative estimate of drug-likeness (QED) is 0.764. The van der Waals surface area contributed by atoms with Gasteiger partial charge in [0.2, 0.25) is 0 Å². The van der Waals surface area contributed by atoms with Gasteiger partial charge >= 0.3 is 5.97 Å². The van der Waals surface area contributed by atoms with E-state index < -0.39 is 0 Å². The lowest BCUT2D eigenvalue weighted by atomic mass is 10.2. The van der Waals surface area contributed by atoms with Crippen LogP contribution in [0.3, 0.4) is 0 Å². The first-order valence-corrected chi connectivity index (χ1v) is 5.88. The molecule has 1 rings (SSSR count). The van der Waals surface area contributed by atoms with Crippen LogP contribution in [0.25, 0.3) is 0 Å². The summed E-state index contributed by atoms with van der Waals surface area (Å²) in [5, 5.41) is 9.17. The molecule has 0 bridgehead atoms. The Morgan fingerprint density at radius 2 is 2.39 bits per heavy atom. The van der Waals surface area contributed by atoms with E-state index in [-0.39, 0.29) is 17.5 Å². The van der Waals surface area contributed by atoms with E-state index in [0.29, 0.717) is 17.9 Å². The Labute approximate surface area is 111 Å². The molecule has 0 saturated heterocycles. The van der Waals surface area contributed by atoms with E-state index >= 15 is 0 Å². The fourth-order valence-corrected chi connectivity index (χ4v) is 1.76. The lowest BCUT2D eigenvalue weighted by molar-refractivity contribution is -0.138. The Hall–Kier alpha value is -1.80. The van der Waals surface area contributed by atoms with Crippen LogP contribution in [0.15, 0.2) is 12.3 Å². The maximum absolute atomic E-state index is 11.3. The van der Waals surface area contributed by atoms with Crippen molar-refractivity contribution in [1.82, 2.24) is 4.98 Å². The molecule has 0 aliphatic rings. The molecular weight excluding hydrogens is 254 g/mol. The number of methoxy groups -OCH3 is 1. The van der Waals surface area contributed by atoms with E-state index in [1.165, 1.54) is 19.4 Å². The molecule has 1 aromatic rings. The second-order valence-electron chi connectivity index (χ2n) is 3.61. The lowest BCUT2D eigenvalue weighted by Gasteiger charge is -2.22. The first kappa shape index (κ1) is 14.3. The summed E-state index contributed by atoms with van der Waals surface area (Å²) in [6.45, 7) is 2.65. The Bertz CT molecular complexity index is 471. The number of hydrogen-bond acceptors (Lipinski definition) is 5. The average molecular weight is 268 g/mol. The van der Waals surface area contributed by atoms with Gasteiger partial charge in [-0.2, -0.15) is 5.26 Å². The van der Waals surface area contributed by atoms with E-state index in [0.717, 1.165) is 6.42 Å². The van der Waals surface area contributed by atoms with Crippen molar-refractivity contribution >= 4 is 23.4 Å². The number of halogens is 1. The maximum Gasteiger partial charge on any atom is 0.325 e. The molecule has 6 heteroatoms. The number of rotatable bonds is 5. The molecule has 5 nitrogen and oxygen atoms in total. The van der Waals surface area contributed by atoms with Gasteiger partial charge < -0.3 is 9.64 Å². The summed E-state index contributed by atoms with van der Waals surface area (Å²) in [5.74, 6) is 0.0617. The maximum atomic E-state index is 11.3. The van der Waals surface area contributed by atoms with E-state index in [1.54, 1.807) is 4.90 Å². The molecule has 0 radical (unpaired) electrons. The average Bonchev–Trinajstić information content (AvgIpc) is 2.38. The Morgan fingerprint density at radius 3 is 2.94 bits per heavy atom. The minimum atomic E-state index is -0.372. The first-order valence-electron chi connectivity index (χ1n) is 5.50. The van der Waals surface area contributed by atoms with Crippen molar-refractivity contribution < 1.29 is 9.53 Å². The monoisotopic (exact) mass is 267 g/mol. The van der Waals surface area contributed by atoms with Crippen LogP contribution >= 0.6 is 11.6 Å². The van der Waals surface area contributed by atoms with Gasteiger partial charge in [0.05, 0.1) is 12.7 Å². The number of carbonyl (C=O) groups excluding carboxylic acids is 1. The largest absolute Gasteiger partial charge is 0.468 e. The van der Waals surface area contributed by atoms with Crippen molar-refractivity contribution in [1.29, 1.82) is 5.26 Å². The van der Waals surface area contributed by atoms with Crippen molar-refractivity contribution in [2.75, 3.05) is 25.1 Å². The van der Waals surface area contributed by atoms with E-state index in [9.17, 15) is 4.79 Å². The van der Waals surface area contributed by atoms with Gasteiger partial charge in [-0.05, 0) is 12.5 Å². The number of esters is 1. The number of hydrogen-bond donors (Lipinski definition) is 0. The molecule has 0 amide bonds. The highest BCUT2D eigenvalue weighted by atomic mass is 35.5. The van der Waals surface area contributed by atoms with Crippen LogP contribution in [0.1, 0.15) is 18.9 Å². The van der Waals surface area contributed by atoms with Crippen LogP contribution in [-0.4, -0.2) is 31.2 Å². The Kier molecular flexibility index (Phi) is 5.40. The molecule has 0 aromatic carbocycles. The van der Waals surface area contributed by atoms with Crippen molar-refractivity contribution in [2.24, 2.45) is 0 Å². The van der Waals surface area contributed by atoms with Gasteiger partial charge in [-0.25, -0.2) is 4.98 Å². The smallest absolute Gasteiger partial charge is 0.325 e. The third kappa shape index (κ3) is 3.34. The normalized spacial score (nSPS) is 9.67. The standard InChI is InChI=1S/C12H14ClN3O2/c1-3-6-16(8-10(17)18-2)12-11(13)9(7-14)4-5-15-12/h4-5H,3,6,8H2,1-2H3. The molecule has 0 unspecified atom stereocenters. The second-order valence-corrected chi connectivity index (χ2v) is 3.98. The van der Waals surface area contributed by atoms with Gasteiger partial charge in [0, 0.05) is 12.7 Å². The zero-order chi connectivity index (χ0) is 13.5. The van der Waals surface area contributed by atoms with Gasteiger partial charge in [0.15, 0.2) is 0 Å². The van der Waals surface area contributed by atoms with Gasteiger partial charge in [-0.3, -0.25) is 4.79 Å². The summed E-state index contributed by atoms with van der Waals surface area (Å²) in [4.78, 5) is 17.2. The van der Waals surface area contributed by atoms with Crippen LogP contribution < -0.4 is 4.90 Å². The summed E-state index contributed by atoms with van der Waals surface area (Å²) < 4.78 is 4.63. The zero-order valence-corrected chi connectivity index (χ0v) is 11.1. The lowest BCUT2D eigenvalue weighted by Crippen LogP contribution is -2.32. The number of aromatic nitrogens is 1. The molecule has 96 valence electrons. The SMILES string of the molecule is CCCN(CC(=O)OC)c1nccc(C#N)c1Cl. The van der Waals surface area contributed by atoms with E-state index in [4.69, 9.17) is 16.9 Å². The summed E-state index contributed by atoms with van der Waals surface area (Å²) >= 11 is 6.09. The number of nitriles is 1. The third-order valence-electron chi connectivity index (χ3n) is 2.33. The molecule has 0 fully saturated rings. The van der Waals surface area contributed by atoms with Gasteiger partial charge in [-0.1, -0.05) is 18.5 Å². The number of ether oxygens (including phenoxy) is 1. The molecule has 0 N–H and O–H groups in total. The zero-order valence-electron chi connectivity index (χ0n) is 10.3. The van der Waals surface area contributed by atoms with Gasteiger partial charge in [-0.15, -0.1) is 0 Å². The molecule has 0 aliphatic carbocycles. The summed E-state index contributed by atoms with van der Waals surface area (Å²) in [6, 6.07) is 3.52. The minimum absolute atomic E-state index is 0.0615. The number of carbonyl (C=O) groups is 1. The summed E-state index contributed by atoms with van der Waals surface area (Å²) in [7, 11) is 1.33. The van der Waals surface area contributed by atoms with Crippen molar-refractivity contribution in [3.63, 3.8) is 0 Å². The topological polar surface area (TPSA) is 66.2 Å². The Morgan fingerprint density at radius 1 is 1.67 bits per heavy atom. The summed E-state index contributed by atoms with van der Waals surface area (Å²) in [6.07, 6.45) is 2.32. The van der Waals surface area contributed by atoms with Crippen LogP contribution in [0, 0.1) is 11.3 Å². The molecule has 18 heavy (non-hydrogen) atoms. The van der Waals surface area contributed by atoms with Gasteiger partial charge in [0.1, 0.15) is 23.5 Å². The van der Waals surface area contributed by atoms with Crippen LogP contribution in [0.5, 0.6) is 0 Å². The fourth-order valence-electron chi connectivity index (χ4n) is 1.49. The molecule has 0 spiro atoms. The number of pyridine rings is 1. The number of anilines is 1. The van der Waals surface area contributed by atoms with Crippen LogP contribution in [0.2, 0.25) is 5.02 Å².